The standard InChI is InChI=1S/C18H15N3O3/c22-17(23)11-20-18(24)12-3-5-14(6-4-12)21-15-7-8-16-13(10-15)2-1-9-19-16/h1-10,21H,11H2,(H,20,24)(H,22,23). The molecule has 0 unspecified atom stereocenters. The second-order valence-electron chi connectivity index (χ2n) is 5.19. The van der Waals surface area contributed by atoms with Crippen LogP contribution in [0.25, 0.3) is 10.9 Å². The number of carbonyl (C=O) groups is 2. The number of hydrogen-bond donors (Lipinski definition) is 3. The van der Waals surface area contributed by atoms with Crippen LogP contribution in [0.1, 0.15) is 10.4 Å². The van der Waals surface area contributed by atoms with E-state index in [9.17, 15) is 9.59 Å². The molecule has 3 N–H and O–H groups in total. The molecule has 0 radical (unpaired) electrons. The van der Waals surface area contributed by atoms with Crippen molar-refractivity contribution < 1.29 is 14.7 Å². The van der Waals surface area contributed by atoms with Crippen molar-refractivity contribution in [2.24, 2.45) is 0 Å². The molecule has 0 saturated heterocycles. The summed E-state index contributed by atoms with van der Waals surface area (Å²) in [5, 5.41) is 15.2. The molecule has 24 heavy (non-hydrogen) atoms. The number of fused-ring (bicyclic) bond motifs is 1. The van der Waals surface area contributed by atoms with E-state index in [0.29, 0.717) is 5.56 Å². The molecule has 3 rings (SSSR count). The summed E-state index contributed by atoms with van der Waals surface area (Å²) < 4.78 is 0. The Balaban J connectivity index is 1.71. The Kier molecular flexibility index (Phi) is 4.38. The number of nitrogens with one attached hydrogen (secondary N) is 2. The largest absolute Gasteiger partial charge is 0.480 e. The third-order valence-electron chi connectivity index (χ3n) is 3.44. The minimum atomic E-state index is -1.08. The average molecular weight is 321 g/mol. The highest BCUT2D eigenvalue weighted by Gasteiger charge is 2.07. The number of aromatic nitrogens is 1. The van der Waals surface area contributed by atoms with Crippen LogP contribution in [0, 0.1) is 0 Å². The van der Waals surface area contributed by atoms with E-state index in [2.05, 4.69) is 15.6 Å². The first-order valence-corrected chi connectivity index (χ1v) is 7.34. The summed E-state index contributed by atoms with van der Waals surface area (Å²) >= 11 is 0. The highest BCUT2D eigenvalue weighted by Crippen LogP contribution is 2.21. The highest BCUT2D eigenvalue weighted by atomic mass is 16.4. The van der Waals surface area contributed by atoms with Gasteiger partial charge in [-0.1, -0.05) is 6.07 Å². The first-order valence-electron chi connectivity index (χ1n) is 7.34. The van der Waals surface area contributed by atoms with Crippen LogP contribution in [-0.2, 0) is 4.79 Å². The van der Waals surface area contributed by atoms with Gasteiger partial charge in [-0.05, 0) is 48.5 Å². The molecule has 0 aliphatic heterocycles. The lowest BCUT2D eigenvalue weighted by Gasteiger charge is -2.08. The van der Waals surface area contributed by atoms with E-state index in [0.717, 1.165) is 22.3 Å². The molecular formula is C18H15N3O3. The molecule has 2 aromatic carbocycles. The molecule has 1 aromatic heterocycles. The molecular weight excluding hydrogens is 306 g/mol. The second kappa shape index (κ2) is 6.78. The Labute approximate surface area is 138 Å². The lowest BCUT2D eigenvalue weighted by Crippen LogP contribution is -2.29. The van der Waals surface area contributed by atoms with Gasteiger partial charge in [-0.2, -0.15) is 0 Å². The van der Waals surface area contributed by atoms with Gasteiger partial charge in [-0.3, -0.25) is 14.6 Å². The molecule has 1 heterocycles. The van der Waals surface area contributed by atoms with E-state index in [1.807, 2.05) is 30.3 Å². The van der Waals surface area contributed by atoms with Crippen LogP contribution in [-0.4, -0.2) is 28.5 Å². The zero-order valence-corrected chi connectivity index (χ0v) is 12.7. The quantitative estimate of drug-likeness (QED) is 0.672. The first kappa shape index (κ1) is 15.5. The summed E-state index contributed by atoms with van der Waals surface area (Å²) in [7, 11) is 0. The minimum absolute atomic E-state index is 0.399. The normalized spacial score (nSPS) is 10.3. The van der Waals surface area contributed by atoms with Crippen molar-refractivity contribution in [3.8, 4) is 0 Å². The van der Waals surface area contributed by atoms with Crippen LogP contribution < -0.4 is 10.6 Å². The van der Waals surface area contributed by atoms with Gasteiger partial charge in [0.25, 0.3) is 5.91 Å². The van der Waals surface area contributed by atoms with E-state index in [-0.39, 0.29) is 0 Å². The molecule has 0 spiro atoms. The predicted octanol–water partition coefficient (Wildman–Crippen LogP) is 2.79. The van der Waals surface area contributed by atoms with Crippen LogP contribution in [0.4, 0.5) is 11.4 Å². The topological polar surface area (TPSA) is 91.3 Å². The van der Waals surface area contributed by atoms with Crippen molar-refractivity contribution in [2.75, 3.05) is 11.9 Å². The average Bonchev–Trinajstić information content (AvgIpc) is 2.60. The molecule has 0 fully saturated rings. The SMILES string of the molecule is O=C(O)CNC(=O)c1ccc(Nc2ccc3ncccc3c2)cc1. The highest BCUT2D eigenvalue weighted by molar-refractivity contribution is 5.96. The maximum absolute atomic E-state index is 11.8. The third kappa shape index (κ3) is 3.67. The van der Waals surface area contributed by atoms with Gasteiger partial charge in [0.05, 0.1) is 5.52 Å². The zero-order valence-electron chi connectivity index (χ0n) is 12.7. The van der Waals surface area contributed by atoms with Crippen molar-refractivity contribution in [1.82, 2.24) is 10.3 Å². The fourth-order valence-corrected chi connectivity index (χ4v) is 2.28. The molecule has 0 bridgehead atoms. The van der Waals surface area contributed by atoms with E-state index in [1.54, 1.807) is 30.5 Å². The van der Waals surface area contributed by atoms with Gasteiger partial charge >= 0.3 is 5.97 Å². The third-order valence-corrected chi connectivity index (χ3v) is 3.44. The van der Waals surface area contributed by atoms with Crippen LogP contribution in [0.3, 0.4) is 0 Å². The summed E-state index contributed by atoms with van der Waals surface area (Å²) in [6, 6.07) is 16.6. The summed E-state index contributed by atoms with van der Waals surface area (Å²) in [4.78, 5) is 26.5. The summed E-state index contributed by atoms with van der Waals surface area (Å²) in [6.07, 6.45) is 1.75. The molecule has 0 aliphatic carbocycles. The summed E-state index contributed by atoms with van der Waals surface area (Å²) in [6.45, 7) is -0.399. The molecule has 3 aromatic rings. The number of pyridine rings is 1. The monoisotopic (exact) mass is 321 g/mol. The summed E-state index contributed by atoms with van der Waals surface area (Å²) in [5.74, 6) is -1.49. The van der Waals surface area contributed by atoms with Crippen molar-refractivity contribution in [3.05, 3.63) is 66.4 Å². The van der Waals surface area contributed by atoms with E-state index >= 15 is 0 Å². The van der Waals surface area contributed by atoms with E-state index in [1.165, 1.54) is 0 Å². The predicted molar refractivity (Wildman–Crippen MR) is 91.4 cm³/mol. The number of hydrogen-bond acceptors (Lipinski definition) is 4. The number of carbonyl (C=O) groups excluding carboxylic acids is 1. The Morgan fingerprint density at radius 2 is 1.75 bits per heavy atom. The second-order valence-corrected chi connectivity index (χ2v) is 5.19. The van der Waals surface area contributed by atoms with Crippen molar-refractivity contribution >= 4 is 34.2 Å². The summed E-state index contributed by atoms with van der Waals surface area (Å²) in [5.41, 5.74) is 3.07. The Hall–Kier alpha value is -3.41. The van der Waals surface area contributed by atoms with Crippen molar-refractivity contribution in [2.45, 2.75) is 0 Å². The van der Waals surface area contributed by atoms with Crippen molar-refractivity contribution in [3.63, 3.8) is 0 Å². The van der Waals surface area contributed by atoms with E-state index < -0.39 is 18.4 Å². The smallest absolute Gasteiger partial charge is 0.322 e. The van der Waals surface area contributed by atoms with Gasteiger partial charge in [0.2, 0.25) is 0 Å². The lowest BCUT2D eigenvalue weighted by molar-refractivity contribution is -0.135. The number of carboxylic acids is 1. The molecule has 1 amide bonds. The Morgan fingerprint density at radius 3 is 2.50 bits per heavy atom. The van der Waals surface area contributed by atoms with Crippen molar-refractivity contribution in [1.29, 1.82) is 0 Å². The molecule has 6 heteroatoms. The molecule has 0 atom stereocenters. The van der Waals surface area contributed by atoms with Crippen LogP contribution >= 0.6 is 0 Å². The van der Waals surface area contributed by atoms with E-state index in [4.69, 9.17) is 5.11 Å². The Bertz CT molecular complexity index is 891. The fraction of sp³-hybridized carbons (Fsp3) is 0.0556. The number of amides is 1. The van der Waals surface area contributed by atoms with Gasteiger partial charge in [-0.15, -0.1) is 0 Å². The van der Waals surface area contributed by atoms with Gasteiger partial charge in [0.15, 0.2) is 0 Å². The number of nitrogens with zero attached hydrogens (tertiary/aromatic N) is 1. The lowest BCUT2D eigenvalue weighted by atomic mass is 10.1. The van der Waals surface area contributed by atoms with Gasteiger partial charge in [-0.25, -0.2) is 0 Å². The molecule has 6 nitrogen and oxygen atoms in total. The fourth-order valence-electron chi connectivity index (χ4n) is 2.28. The van der Waals surface area contributed by atoms with Gasteiger partial charge < -0.3 is 15.7 Å². The first-order chi connectivity index (χ1) is 11.6. The number of rotatable bonds is 5. The number of anilines is 2. The molecule has 0 aliphatic rings. The maximum Gasteiger partial charge on any atom is 0.322 e. The van der Waals surface area contributed by atoms with Crippen LogP contribution in [0.5, 0.6) is 0 Å². The molecule has 120 valence electrons. The van der Waals surface area contributed by atoms with Crippen LogP contribution in [0.15, 0.2) is 60.8 Å². The maximum atomic E-state index is 11.8. The number of aliphatic carboxylic acids is 1. The van der Waals surface area contributed by atoms with Gasteiger partial charge in [0.1, 0.15) is 6.54 Å². The number of benzene rings is 2. The number of carboxylic acid groups (broad SMARTS) is 1. The zero-order chi connectivity index (χ0) is 16.9. The van der Waals surface area contributed by atoms with Crippen LogP contribution in [0.2, 0.25) is 0 Å². The molecule has 0 saturated carbocycles. The Morgan fingerprint density at radius 1 is 1.00 bits per heavy atom. The van der Waals surface area contributed by atoms with Gasteiger partial charge in [0, 0.05) is 28.5 Å². The minimum Gasteiger partial charge on any atom is -0.480 e.